The van der Waals surface area contributed by atoms with Crippen LogP contribution >= 0.6 is 23.4 Å². The Labute approximate surface area is 119 Å². The predicted octanol–water partition coefficient (Wildman–Crippen LogP) is 1.99. The number of nitrogen functional groups attached to an aromatic ring is 1. The van der Waals surface area contributed by atoms with Crippen molar-refractivity contribution in [2.45, 2.75) is 23.8 Å². The normalized spacial score (nSPS) is 14.2. The van der Waals surface area contributed by atoms with Gasteiger partial charge in [-0.05, 0) is 25.0 Å². The molecule has 7 heteroatoms. The Bertz CT molecular complexity index is 532. The number of hydrogen-bond acceptors (Lipinski definition) is 4. The Balaban J connectivity index is 2.09. The van der Waals surface area contributed by atoms with Gasteiger partial charge in [0.2, 0.25) is 5.91 Å². The molecule has 102 valence electrons. The van der Waals surface area contributed by atoms with E-state index in [9.17, 15) is 9.59 Å². The highest BCUT2D eigenvalue weighted by Crippen LogP contribution is 2.33. The molecule has 0 aromatic heterocycles. The van der Waals surface area contributed by atoms with Crippen molar-refractivity contribution in [3.05, 3.63) is 22.7 Å². The maximum absolute atomic E-state index is 11.6. The average molecular weight is 301 g/mol. The minimum absolute atomic E-state index is 0.0224. The molecular formula is C12H13ClN2O3S. The van der Waals surface area contributed by atoms with Crippen LogP contribution in [0.5, 0.6) is 0 Å². The van der Waals surface area contributed by atoms with Gasteiger partial charge in [-0.2, -0.15) is 0 Å². The van der Waals surface area contributed by atoms with Crippen LogP contribution in [0.15, 0.2) is 17.0 Å². The van der Waals surface area contributed by atoms with E-state index in [-0.39, 0.29) is 34.0 Å². The zero-order chi connectivity index (χ0) is 14.0. The molecule has 0 bridgehead atoms. The van der Waals surface area contributed by atoms with Crippen LogP contribution in [0.2, 0.25) is 5.02 Å². The second-order valence-electron chi connectivity index (χ2n) is 4.32. The molecule has 1 aromatic carbocycles. The minimum Gasteiger partial charge on any atom is -0.478 e. The number of amides is 1. The standard InChI is InChI=1S/C12H13ClN2O3S/c13-9-4-6(14)3-8(12(17)18)11(9)19-5-10(16)15-7-1-2-7/h3-4,7H,1-2,5,14H2,(H,15,16)(H,17,18). The summed E-state index contributed by atoms with van der Waals surface area (Å²) in [5.74, 6) is -1.09. The molecule has 4 N–H and O–H groups in total. The second kappa shape index (κ2) is 5.71. The van der Waals surface area contributed by atoms with Crippen LogP contribution < -0.4 is 11.1 Å². The number of carbonyl (C=O) groups is 2. The van der Waals surface area contributed by atoms with Crippen LogP contribution in [0.3, 0.4) is 0 Å². The van der Waals surface area contributed by atoms with Crippen LogP contribution in [-0.4, -0.2) is 28.8 Å². The molecule has 1 aliphatic rings. The first kappa shape index (κ1) is 14.0. The number of carboxylic acid groups (broad SMARTS) is 1. The minimum atomic E-state index is -1.11. The summed E-state index contributed by atoms with van der Waals surface area (Å²) in [6.45, 7) is 0. The largest absolute Gasteiger partial charge is 0.478 e. The monoisotopic (exact) mass is 300 g/mol. The summed E-state index contributed by atoms with van der Waals surface area (Å²) >= 11 is 7.09. The van der Waals surface area contributed by atoms with Crippen molar-refractivity contribution in [2.75, 3.05) is 11.5 Å². The van der Waals surface area contributed by atoms with Gasteiger partial charge in [-0.25, -0.2) is 4.79 Å². The molecule has 1 aromatic rings. The number of hydrogen-bond donors (Lipinski definition) is 3. The van der Waals surface area contributed by atoms with E-state index in [1.54, 1.807) is 0 Å². The van der Waals surface area contributed by atoms with Crippen LogP contribution in [0.25, 0.3) is 0 Å². The van der Waals surface area contributed by atoms with Gasteiger partial charge in [0, 0.05) is 16.6 Å². The molecule has 0 spiro atoms. The van der Waals surface area contributed by atoms with E-state index < -0.39 is 5.97 Å². The number of halogens is 1. The van der Waals surface area contributed by atoms with Gasteiger partial charge in [-0.1, -0.05) is 11.6 Å². The Morgan fingerprint density at radius 2 is 2.16 bits per heavy atom. The van der Waals surface area contributed by atoms with Crippen molar-refractivity contribution >= 4 is 40.9 Å². The molecule has 0 atom stereocenters. The van der Waals surface area contributed by atoms with E-state index in [2.05, 4.69) is 5.32 Å². The van der Waals surface area contributed by atoms with Crippen molar-refractivity contribution < 1.29 is 14.7 Å². The molecule has 1 saturated carbocycles. The molecular weight excluding hydrogens is 288 g/mol. The van der Waals surface area contributed by atoms with Gasteiger partial charge in [0.15, 0.2) is 0 Å². The maximum atomic E-state index is 11.6. The first-order valence-corrected chi connectivity index (χ1v) is 7.08. The number of nitrogens with two attached hydrogens (primary N) is 1. The number of thioether (sulfide) groups is 1. The van der Waals surface area contributed by atoms with Crippen LogP contribution in [-0.2, 0) is 4.79 Å². The zero-order valence-corrected chi connectivity index (χ0v) is 11.6. The summed E-state index contributed by atoms with van der Waals surface area (Å²) in [6.07, 6.45) is 2.03. The number of benzene rings is 1. The van der Waals surface area contributed by atoms with Crippen LogP contribution in [0, 0.1) is 0 Å². The molecule has 0 radical (unpaired) electrons. The summed E-state index contributed by atoms with van der Waals surface area (Å²) in [5.41, 5.74) is 5.87. The number of anilines is 1. The van der Waals surface area contributed by atoms with Crippen molar-refractivity contribution in [1.82, 2.24) is 5.32 Å². The van der Waals surface area contributed by atoms with E-state index in [1.807, 2.05) is 0 Å². The molecule has 0 heterocycles. The van der Waals surface area contributed by atoms with Gasteiger partial charge in [0.25, 0.3) is 0 Å². The first-order chi connectivity index (χ1) is 8.97. The molecule has 2 rings (SSSR count). The van der Waals surface area contributed by atoms with Gasteiger partial charge in [-0.15, -0.1) is 11.8 Å². The number of carboxylic acids is 1. The molecule has 0 aliphatic heterocycles. The van der Waals surface area contributed by atoms with Crippen molar-refractivity contribution in [1.29, 1.82) is 0 Å². The molecule has 19 heavy (non-hydrogen) atoms. The lowest BCUT2D eigenvalue weighted by Crippen LogP contribution is -2.27. The SMILES string of the molecule is Nc1cc(Cl)c(SCC(=O)NC2CC2)c(C(=O)O)c1. The molecule has 0 saturated heterocycles. The third-order valence-corrected chi connectivity index (χ3v) is 4.13. The maximum Gasteiger partial charge on any atom is 0.336 e. The quantitative estimate of drug-likeness (QED) is 0.571. The van der Waals surface area contributed by atoms with E-state index in [0.717, 1.165) is 24.6 Å². The molecule has 1 aliphatic carbocycles. The third kappa shape index (κ3) is 3.78. The number of nitrogens with one attached hydrogen (secondary N) is 1. The summed E-state index contributed by atoms with van der Waals surface area (Å²) in [5, 5.41) is 12.2. The van der Waals surface area contributed by atoms with Gasteiger partial charge in [0.05, 0.1) is 16.3 Å². The highest BCUT2D eigenvalue weighted by Gasteiger charge is 2.23. The predicted molar refractivity (Wildman–Crippen MR) is 74.7 cm³/mol. The molecule has 5 nitrogen and oxygen atoms in total. The van der Waals surface area contributed by atoms with E-state index in [1.165, 1.54) is 12.1 Å². The summed E-state index contributed by atoms with van der Waals surface area (Å²) in [6, 6.07) is 3.11. The lowest BCUT2D eigenvalue weighted by molar-refractivity contribution is -0.118. The first-order valence-electron chi connectivity index (χ1n) is 5.72. The molecule has 1 amide bonds. The third-order valence-electron chi connectivity index (χ3n) is 2.59. The Morgan fingerprint density at radius 3 is 2.74 bits per heavy atom. The molecule has 1 fully saturated rings. The van der Waals surface area contributed by atoms with Crippen molar-refractivity contribution in [3.8, 4) is 0 Å². The van der Waals surface area contributed by atoms with Crippen LogP contribution in [0.1, 0.15) is 23.2 Å². The van der Waals surface area contributed by atoms with Gasteiger partial charge < -0.3 is 16.2 Å². The fourth-order valence-corrected chi connectivity index (χ4v) is 2.80. The van der Waals surface area contributed by atoms with E-state index in [4.69, 9.17) is 22.4 Å². The topological polar surface area (TPSA) is 92.4 Å². The smallest absolute Gasteiger partial charge is 0.336 e. The zero-order valence-electron chi connectivity index (χ0n) is 9.98. The van der Waals surface area contributed by atoms with E-state index >= 15 is 0 Å². The molecule has 0 unspecified atom stereocenters. The fraction of sp³-hybridized carbons (Fsp3) is 0.333. The Morgan fingerprint density at radius 1 is 1.47 bits per heavy atom. The summed E-state index contributed by atoms with van der Waals surface area (Å²) in [7, 11) is 0. The number of carbonyl (C=O) groups excluding carboxylic acids is 1. The second-order valence-corrected chi connectivity index (χ2v) is 5.71. The lowest BCUT2D eigenvalue weighted by Gasteiger charge is -2.09. The fourth-order valence-electron chi connectivity index (χ4n) is 1.55. The number of aromatic carboxylic acids is 1. The van der Waals surface area contributed by atoms with Crippen molar-refractivity contribution in [3.63, 3.8) is 0 Å². The number of rotatable bonds is 5. The highest BCUT2D eigenvalue weighted by molar-refractivity contribution is 8.00. The van der Waals surface area contributed by atoms with Crippen molar-refractivity contribution in [2.24, 2.45) is 0 Å². The van der Waals surface area contributed by atoms with Crippen LogP contribution in [0.4, 0.5) is 5.69 Å². The van der Waals surface area contributed by atoms with E-state index in [0.29, 0.717) is 4.90 Å². The average Bonchev–Trinajstić information content (AvgIpc) is 3.10. The van der Waals surface area contributed by atoms with Gasteiger partial charge >= 0.3 is 5.97 Å². The van der Waals surface area contributed by atoms with Gasteiger partial charge in [-0.3, -0.25) is 4.79 Å². The Hall–Kier alpha value is -1.40. The van der Waals surface area contributed by atoms with Gasteiger partial charge in [0.1, 0.15) is 0 Å². The summed E-state index contributed by atoms with van der Waals surface area (Å²) in [4.78, 5) is 23.1. The Kier molecular flexibility index (Phi) is 4.21. The lowest BCUT2D eigenvalue weighted by atomic mass is 10.2. The summed E-state index contributed by atoms with van der Waals surface area (Å²) < 4.78 is 0. The highest BCUT2D eigenvalue weighted by atomic mass is 35.5.